The molecule has 1 aliphatic rings. The van der Waals surface area contributed by atoms with Gasteiger partial charge in [-0.25, -0.2) is 9.98 Å². The highest BCUT2D eigenvalue weighted by atomic mass is 32.2. The fraction of sp³-hybridized carbons (Fsp3) is 0.214. The van der Waals surface area contributed by atoms with Crippen LogP contribution in [0.25, 0.3) is 0 Å². The van der Waals surface area contributed by atoms with Crippen molar-refractivity contribution in [1.82, 2.24) is 0 Å². The van der Waals surface area contributed by atoms with Crippen LogP contribution in [-0.2, 0) is 0 Å². The molecule has 0 bridgehead atoms. The zero-order valence-electron chi connectivity index (χ0n) is 20.6. The van der Waals surface area contributed by atoms with E-state index in [2.05, 4.69) is 70.1 Å². The molecule has 0 aromatic heterocycles. The van der Waals surface area contributed by atoms with Crippen molar-refractivity contribution in [2.24, 2.45) is 25.9 Å². The number of phenols is 1. The van der Waals surface area contributed by atoms with Crippen molar-refractivity contribution >= 4 is 46.7 Å². The molecule has 0 aliphatic carbocycles. The summed E-state index contributed by atoms with van der Waals surface area (Å²) < 4.78 is 0. The third-order valence-electron chi connectivity index (χ3n) is 5.73. The molecule has 4 rings (SSSR count). The van der Waals surface area contributed by atoms with Gasteiger partial charge in [-0.1, -0.05) is 68.1 Å². The minimum absolute atomic E-state index is 0.192. The fourth-order valence-electron chi connectivity index (χ4n) is 3.80. The molecular weight excluding hydrogens is 468 g/mol. The maximum absolute atomic E-state index is 9.33. The van der Waals surface area contributed by atoms with Crippen LogP contribution in [0.3, 0.4) is 0 Å². The van der Waals surface area contributed by atoms with Crippen LogP contribution in [0.1, 0.15) is 43.4 Å². The Kier molecular flexibility index (Phi) is 8.17. The van der Waals surface area contributed by atoms with E-state index in [0.717, 1.165) is 22.0 Å². The smallest absolute Gasteiger partial charge is 0.190 e. The van der Waals surface area contributed by atoms with E-state index in [4.69, 9.17) is 5.73 Å². The Morgan fingerprint density at radius 2 is 1.78 bits per heavy atom. The SMILES string of the molecule is CC(C)c1ccccc1N1/C(=N\N=C\c2ccc(C(N)=NC=Nc3ccc(O)cc3)cc2)SCC1C. The molecule has 8 heteroatoms. The van der Waals surface area contributed by atoms with Gasteiger partial charge in [0.25, 0.3) is 0 Å². The number of nitrogens with zero attached hydrogens (tertiary/aromatic N) is 5. The Morgan fingerprint density at radius 3 is 2.50 bits per heavy atom. The zero-order chi connectivity index (χ0) is 25.5. The van der Waals surface area contributed by atoms with Gasteiger partial charge in [-0.15, -0.1) is 5.10 Å². The lowest BCUT2D eigenvalue weighted by Crippen LogP contribution is -2.32. The summed E-state index contributed by atoms with van der Waals surface area (Å²) in [7, 11) is 0. The van der Waals surface area contributed by atoms with Crippen molar-refractivity contribution in [2.75, 3.05) is 10.7 Å². The molecule has 1 aliphatic heterocycles. The number of amidine groups is 2. The molecule has 3 aromatic rings. The highest BCUT2D eigenvalue weighted by molar-refractivity contribution is 8.14. The first-order chi connectivity index (χ1) is 17.4. The van der Waals surface area contributed by atoms with E-state index in [9.17, 15) is 5.11 Å². The molecule has 1 fully saturated rings. The largest absolute Gasteiger partial charge is 0.508 e. The number of aromatic hydroxyl groups is 1. The summed E-state index contributed by atoms with van der Waals surface area (Å²) >= 11 is 1.73. The molecule has 0 spiro atoms. The van der Waals surface area contributed by atoms with Crippen molar-refractivity contribution in [2.45, 2.75) is 32.7 Å². The van der Waals surface area contributed by atoms with Crippen LogP contribution in [0.2, 0.25) is 0 Å². The summed E-state index contributed by atoms with van der Waals surface area (Å²) in [5, 5.41) is 19.2. The number of benzene rings is 3. The van der Waals surface area contributed by atoms with Gasteiger partial charge >= 0.3 is 0 Å². The highest BCUT2D eigenvalue weighted by Crippen LogP contribution is 2.35. The summed E-state index contributed by atoms with van der Waals surface area (Å²) in [6.45, 7) is 6.65. The van der Waals surface area contributed by atoms with Gasteiger partial charge in [0.2, 0.25) is 0 Å². The van der Waals surface area contributed by atoms with Gasteiger partial charge in [0.05, 0.1) is 11.9 Å². The lowest BCUT2D eigenvalue weighted by atomic mass is 10.00. The average molecular weight is 499 g/mol. The highest BCUT2D eigenvalue weighted by Gasteiger charge is 2.30. The number of thioether (sulfide) groups is 1. The van der Waals surface area contributed by atoms with Gasteiger partial charge in [-0.05, 0) is 54.3 Å². The normalized spacial score (nSPS) is 17.8. The standard InChI is InChI=1S/C28H30N6OS/c1-19(2)25-6-4-5-7-26(25)34-20(3)17-36-28(34)33-32-16-21-8-10-22(11-9-21)27(29)31-18-30-23-12-14-24(35)15-13-23/h4-16,18-20,35H,17H2,1-3H3,(H2,29,30,31)/b32-16+,33-28+. The zero-order valence-corrected chi connectivity index (χ0v) is 21.4. The number of anilines is 1. The first-order valence-corrected chi connectivity index (χ1v) is 12.8. The fourth-order valence-corrected chi connectivity index (χ4v) is 4.86. The predicted molar refractivity (Wildman–Crippen MR) is 153 cm³/mol. The van der Waals surface area contributed by atoms with E-state index < -0.39 is 0 Å². The van der Waals surface area contributed by atoms with Crippen LogP contribution in [0, 0.1) is 0 Å². The summed E-state index contributed by atoms with van der Waals surface area (Å²) in [4.78, 5) is 10.7. The number of nitrogens with two attached hydrogens (primary N) is 1. The molecule has 3 aromatic carbocycles. The lowest BCUT2D eigenvalue weighted by molar-refractivity contribution is 0.475. The summed E-state index contributed by atoms with van der Waals surface area (Å²) in [6.07, 6.45) is 3.14. The molecule has 36 heavy (non-hydrogen) atoms. The van der Waals surface area contributed by atoms with Crippen LogP contribution in [-0.4, -0.2) is 40.5 Å². The van der Waals surface area contributed by atoms with E-state index in [0.29, 0.717) is 23.5 Å². The second-order valence-electron chi connectivity index (χ2n) is 8.77. The number of hydrogen-bond acceptors (Lipinski definition) is 5. The molecule has 1 unspecified atom stereocenters. The van der Waals surface area contributed by atoms with Crippen LogP contribution in [0.5, 0.6) is 5.75 Å². The summed E-state index contributed by atoms with van der Waals surface area (Å²) in [5.41, 5.74) is 11.0. The molecule has 1 heterocycles. The van der Waals surface area contributed by atoms with Gasteiger partial charge in [0.15, 0.2) is 5.17 Å². The third kappa shape index (κ3) is 6.20. The Hall–Kier alpha value is -3.91. The van der Waals surface area contributed by atoms with Crippen LogP contribution in [0.15, 0.2) is 93.0 Å². The molecule has 0 saturated carbocycles. The second-order valence-corrected chi connectivity index (χ2v) is 9.76. The van der Waals surface area contributed by atoms with Crippen LogP contribution in [0.4, 0.5) is 11.4 Å². The van der Waals surface area contributed by atoms with Crippen LogP contribution < -0.4 is 10.6 Å². The maximum atomic E-state index is 9.33. The Balaban J connectivity index is 1.44. The summed E-state index contributed by atoms with van der Waals surface area (Å²) in [5.74, 6) is 1.95. The maximum Gasteiger partial charge on any atom is 0.190 e. The average Bonchev–Trinajstić information content (AvgIpc) is 3.25. The number of rotatable bonds is 7. The molecule has 184 valence electrons. The predicted octanol–water partition coefficient (Wildman–Crippen LogP) is 5.91. The van der Waals surface area contributed by atoms with E-state index in [-0.39, 0.29) is 5.75 Å². The Morgan fingerprint density at radius 1 is 1.06 bits per heavy atom. The minimum atomic E-state index is 0.192. The molecule has 7 nitrogen and oxygen atoms in total. The molecule has 1 atom stereocenters. The second kappa shape index (κ2) is 11.7. The minimum Gasteiger partial charge on any atom is -0.508 e. The number of aliphatic imine (C=N–C) groups is 2. The molecule has 1 saturated heterocycles. The van der Waals surface area contributed by atoms with Crippen molar-refractivity contribution in [3.63, 3.8) is 0 Å². The van der Waals surface area contributed by atoms with Crippen molar-refractivity contribution in [1.29, 1.82) is 0 Å². The Bertz CT molecular complexity index is 1300. The van der Waals surface area contributed by atoms with Gasteiger partial charge in [0.1, 0.15) is 17.9 Å². The van der Waals surface area contributed by atoms with Gasteiger partial charge < -0.3 is 15.7 Å². The molecule has 0 amide bonds. The first-order valence-electron chi connectivity index (χ1n) is 11.8. The van der Waals surface area contributed by atoms with Gasteiger partial charge in [0, 0.05) is 23.0 Å². The van der Waals surface area contributed by atoms with Gasteiger partial charge in [-0.3, -0.25) is 0 Å². The summed E-state index contributed by atoms with van der Waals surface area (Å²) in [6, 6.07) is 23.0. The molecule has 0 radical (unpaired) electrons. The first kappa shape index (κ1) is 25.2. The van der Waals surface area contributed by atoms with E-state index in [1.807, 2.05) is 24.3 Å². The third-order valence-corrected chi connectivity index (χ3v) is 6.91. The molecule has 3 N–H and O–H groups in total. The number of phenolic OH excluding ortho intramolecular Hbond substituents is 1. The quantitative estimate of drug-likeness (QED) is 0.240. The molecular formula is C28H30N6OS. The number of hydrogen-bond donors (Lipinski definition) is 2. The van der Waals surface area contributed by atoms with Crippen molar-refractivity contribution in [3.8, 4) is 5.75 Å². The van der Waals surface area contributed by atoms with Crippen molar-refractivity contribution < 1.29 is 5.11 Å². The van der Waals surface area contributed by atoms with Crippen LogP contribution >= 0.6 is 11.8 Å². The van der Waals surface area contributed by atoms with Gasteiger partial charge in [-0.2, -0.15) is 5.10 Å². The van der Waals surface area contributed by atoms with E-state index in [1.165, 1.54) is 17.6 Å². The van der Waals surface area contributed by atoms with Crippen molar-refractivity contribution in [3.05, 3.63) is 89.5 Å². The Labute approximate surface area is 216 Å². The van der Waals surface area contributed by atoms with E-state index >= 15 is 0 Å². The lowest BCUT2D eigenvalue weighted by Gasteiger charge is -2.26. The monoisotopic (exact) mass is 498 g/mol. The number of para-hydroxylation sites is 1. The van der Waals surface area contributed by atoms with E-state index in [1.54, 1.807) is 42.2 Å². The topological polar surface area (TPSA) is 98.9 Å².